The Labute approximate surface area is 123 Å². The van der Waals surface area contributed by atoms with E-state index < -0.39 is 11.6 Å². The topological polar surface area (TPSA) is 29.3 Å². The summed E-state index contributed by atoms with van der Waals surface area (Å²) in [6.07, 6.45) is 0.955. The third-order valence-electron chi connectivity index (χ3n) is 4.12. The van der Waals surface area contributed by atoms with Crippen molar-refractivity contribution in [3.05, 3.63) is 70.8 Å². The zero-order valence-corrected chi connectivity index (χ0v) is 11.7. The minimum Gasteiger partial charge on any atom is -0.329 e. The summed E-state index contributed by atoms with van der Waals surface area (Å²) in [5.41, 5.74) is 9.28. The van der Waals surface area contributed by atoms with Gasteiger partial charge in [-0.05, 0) is 35.2 Å². The van der Waals surface area contributed by atoms with E-state index >= 15 is 0 Å². The fraction of sp³-hybridized carbons (Fsp3) is 0.294. The van der Waals surface area contributed by atoms with Crippen molar-refractivity contribution in [2.45, 2.75) is 19.0 Å². The van der Waals surface area contributed by atoms with Crippen molar-refractivity contribution in [1.82, 2.24) is 4.90 Å². The van der Waals surface area contributed by atoms with Gasteiger partial charge in [0.05, 0.1) is 0 Å². The average molecular weight is 288 g/mol. The second-order valence-electron chi connectivity index (χ2n) is 5.42. The first-order valence-electron chi connectivity index (χ1n) is 7.15. The fourth-order valence-corrected chi connectivity index (χ4v) is 3.04. The molecule has 0 bridgehead atoms. The molecule has 1 atom stereocenters. The van der Waals surface area contributed by atoms with Crippen LogP contribution in [0.1, 0.15) is 22.7 Å². The summed E-state index contributed by atoms with van der Waals surface area (Å²) in [6.45, 7) is 1.96. The molecule has 2 aromatic rings. The first-order chi connectivity index (χ1) is 10.2. The van der Waals surface area contributed by atoms with Crippen LogP contribution in [-0.2, 0) is 13.0 Å². The van der Waals surface area contributed by atoms with E-state index in [0.29, 0.717) is 13.1 Å². The molecule has 0 radical (unpaired) electrons. The van der Waals surface area contributed by atoms with E-state index in [-0.39, 0.29) is 6.04 Å². The molecule has 0 saturated carbocycles. The van der Waals surface area contributed by atoms with Gasteiger partial charge in [0.2, 0.25) is 0 Å². The SMILES string of the molecule is NCC1c2ccccc2CCN1Cc1ccc(F)c(F)c1. The quantitative estimate of drug-likeness (QED) is 0.940. The largest absolute Gasteiger partial charge is 0.329 e. The molecule has 1 aliphatic heterocycles. The predicted octanol–water partition coefficient (Wildman–Crippen LogP) is 3.02. The maximum absolute atomic E-state index is 13.3. The van der Waals surface area contributed by atoms with Crippen molar-refractivity contribution in [2.75, 3.05) is 13.1 Å². The van der Waals surface area contributed by atoms with Crippen LogP contribution in [0.4, 0.5) is 8.78 Å². The van der Waals surface area contributed by atoms with E-state index in [2.05, 4.69) is 17.0 Å². The molecular weight excluding hydrogens is 270 g/mol. The van der Waals surface area contributed by atoms with Crippen LogP contribution in [0, 0.1) is 11.6 Å². The Morgan fingerprint density at radius 1 is 1.10 bits per heavy atom. The molecule has 0 amide bonds. The zero-order valence-electron chi connectivity index (χ0n) is 11.7. The van der Waals surface area contributed by atoms with Gasteiger partial charge in [-0.2, -0.15) is 0 Å². The minimum atomic E-state index is -0.807. The number of nitrogens with zero attached hydrogens (tertiary/aromatic N) is 1. The van der Waals surface area contributed by atoms with Gasteiger partial charge in [0.15, 0.2) is 11.6 Å². The summed E-state index contributed by atoms with van der Waals surface area (Å²) >= 11 is 0. The second kappa shape index (κ2) is 5.92. The van der Waals surface area contributed by atoms with Gasteiger partial charge in [-0.25, -0.2) is 8.78 Å². The minimum absolute atomic E-state index is 0.128. The van der Waals surface area contributed by atoms with E-state index in [4.69, 9.17) is 5.73 Å². The number of hydrogen-bond donors (Lipinski definition) is 1. The highest BCUT2D eigenvalue weighted by atomic mass is 19.2. The van der Waals surface area contributed by atoms with Crippen molar-refractivity contribution in [3.8, 4) is 0 Å². The predicted molar refractivity (Wildman–Crippen MR) is 78.7 cm³/mol. The third-order valence-corrected chi connectivity index (χ3v) is 4.12. The van der Waals surface area contributed by atoms with Gasteiger partial charge < -0.3 is 5.73 Å². The molecule has 2 nitrogen and oxygen atoms in total. The lowest BCUT2D eigenvalue weighted by atomic mass is 9.92. The van der Waals surface area contributed by atoms with Gasteiger partial charge in [0.1, 0.15) is 0 Å². The standard InChI is InChI=1S/C17H18F2N2/c18-15-6-5-12(9-16(15)19)11-21-8-7-13-3-1-2-4-14(13)17(21)10-20/h1-6,9,17H,7-8,10-11,20H2. The van der Waals surface area contributed by atoms with E-state index in [0.717, 1.165) is 18.5 Å². The zero-order chi connectivity index (χ0) is 14.8. The smallest absolute Gasteiger partial charge is 0.159 e. The average Bonchev–Trinajstić information content (AvgIpc) is 2.51. The molecule has 0 aliphatic carbocycles. The summed E-state index contributed by atoms with van der Waals surface area (Å²) < 4.78 is 26.3. The molecule has 2 N–H and O–H groups in total. The fourth-order valence-electron chi connectivity index (χ4n) is 3.04. The highest BCUT2D eigenvalue weighted by Gasteiger charge is 2.26. The van der Waals surface area contributed by atoms with Gasteiger partial charge in [-0.3, -0.25) is 4.90 Å². The van der Waals surface area contributed by atoms with Gasteiger partial charge in [-0.1, -0.05) is 30.3 Å². The molecule has 1 unspecified atom stereocenters. The Balaban J connectivity index is 1.84. The molecule has 21 heavy (non-hydrogen) atoms. The number of benzene rings is 2. The highest BCUT2D eigenvalue weighted by Crippen LogP contribution is 2.30. The highest BCUT2D eigenvalue weighted by molar-refractivity contribution is 5.33. The van der Waals surface area contributed by atoms with Crippen LogP contribution >= 0.6 is 0 Å². The summed E-state index contributed by atoms with van der Waals surface area (Å²) in [4.78, 5) is 2.23. The maximum Gasteiger partial charge on any atom is 0.159 e. The van der Waals surface area contributed by atoms with E-state index in [1.54, 1.807) is 6.07 Å². The van der Waals surface area contributed by atoms with Crippen molar-refractivity contribution in [1.29, 1.82) is 0 Å². The molecule has 3 rings (SSSR count). The summed E-state index contributed by atoms with van der Waals surface area (Å²) in [6, 6.07) is 12.5. The van der Waals surface area contributed by atoms with Crippen LogP contribution < -0.4 is 5.73 Å². The third kappa shape index (κ3) is 2.82. The molecule has 0 spiro atoms. The van der Waals surface area contributed by atoms with Crippen LogP contribution in [0.15, 0.2) is 42.5 Å². The molecular formula is C17H18F2N2. The Morgan fingerprint density at radius 3 is 2.67 bits per heavy atom. The Morgan fingerprint density at radius 2 is 1.90 bits per heavy atom. The normalized spacial score (nSPS) is 18.5. The van der Waals surface area contributed by atoms with Gasteiger partial charge in [-0.15, -0.1) is 0 Å². The van der Waals surface area contributed by atoms with E-state index in [1.165, 1.54) is 23.3 Å². The number of fused-ring (bicyclic) bond motifs is 1. The summed E-state index contributed by atoms with van der Waals surface area (Å²) in [5, 5.41) is 0. The molecule has 0 aromatic heterocycles. The summed E-state index contributed by atoms with van der Waals surface area (Å²) in [7, 11) is 0. The van der Waals surface area contributed by atoms with E-state index in [9.17, 15) is 8.78 Å². The molecule has 1 aliphatic rings. The molecule has 110 valence electrons. The first kappa shape index (κ1) is 14.2. The lowest BCUT2D eigenvalue weighted by Crippen LogP contribution is -2.38. The van der Waals surface area contributed by atoms with Gasteiger partial charge in [0.25, 0.3) is 0 Å². The van der Waals surface area contributed by atoms with Crippen molar-refractivity contribution in [3.63, 3.8) is 0 Å². The number of nitrogens with two attached hydrogens (primary N) is 1. The van der Waals surface area contributed by atoms with Crippen LogP contribution in [-0.4, -0.2) is 18.0 Å². The molecule has 1 heterocycles. The Bertz CT molecular complexity index is 642. The maximum atomic E-state index is 13.3. The molecule has 0 saturated heterocycles. The molecule has 4 heteroatoms. The van der Waals surface area contributed by atoms with Crippen LogP contribution in [0.5, 0.6) is 0 Å². The van der Waals surface area contributed by atoms with Gasteiger partial charge in [0, 0.05) is 25.7 Å². The number of hydrogen-bond acceptors (Lipinski definition) is 2. The lowest BCUT2D eigenvalue weighted by Gasteiger charge is -2.36. The second-order valence-corrected chi connectivity index (χ2v) is 5.42. The van der Waals surface area contributed by atoms with Crippen LogP contribution in [0.25, 0.3) is 0 Å². The van der Waals surface area contributed by atoms with Gasteiger partial charge >= 0.3 is 0 Å². The monoisotopic (exact) mass is 288 g/mol. The Hall–Kier alpha value is -1.78. The van der Waals surface area contributed by atoms with Crippen LogP contribution in [0.2, 0.25) is 0 Å². The van der Waals surface area contributed by atoms with Crippen LogP contribution in [0.3, 0.4) is 0 Å². The lowest BCUT2D eigenvalue weighted by molar-refractivity contribution is 0.180. The number of halogens is 2. The molecule has 2 aromatic carbocycles. The first-order valence-corrected chi connectivity index (χ1v) is 7.15. The van der Waals surface area contributed by atoms with Crippen molar-refractivity contribution >= 4 is 0 Å². The van der Waals surface area contributed by atoms with Crippen molar-refractivity contribution in [2.24, 2.45) is 5.73 Å². The Kier molecular flexibility index (Phi) is 3.99. The number of rotatable bonds is 3. The van der Waals surface area contributed by atoms with E-state index in [1.807, 2.05) is 12.1 Å². The van der Waals surface area contributed by atoms with Crippen molar-refractivity contribution < 1.29 is 8.78 Å². The molecule has 0 fully saturated rings. The summed E-state index contributed by atoms with van der Waals surface area (Å²) in [5.74, 6) is -1.60.